The zero-order chi connectivity index (χ0) is 14.5. The molecule has 7 nitrogen and oxygen atoms in total. The van der Waals surface area contributed by atoms with E-state index in [4.69, 9.17) is 16.1 Å². The summed E-state index contributed by atoms with van der Waals surface area (Å²) in [6.07, 6.45) is 0.641. The average Bonchev–Trinajstić information content (AvgIpc) is 2.81. The van der Waals surface area contributed by atoms with Gasteiger partial charge in [0.15, 0.2) is 5.82 Å². The summed E-state index contributed by atoms with van der Waals surface area (Å²) in [6, 6.07) is 4.43. The third-order valence-corrected chi connectivity index (χ3v) is 3.01. The minimum absolute atomic E-state index is 0.0129. The molecule has 0 bridgehead atoms. The van der Waals surface area contributed by atoms with Crippen LogP contribution in [0.5, 0.6) is 0 Å². The van der Waals surface area contributed by atoms with Crippen LogP contribution in [0.1, 0.15) is 17.3 Å². The van der Waals surface area contributed by atoms with Gasteiger partial charge in [-0.1, -0.05) is 16.8 Å². The molecular formula is C12H13ClN4O3. The first kappa shape index (κ1) is 14.4. The molecule has 0 aliphatic heterocycles. The molecule has 20 heavy (non-hydrogen) atoms. The second kappa shape index (κ2) is 6.44. The summed E-state index contributed by atoms with van der Waals surface area (Å²) in [5.74, 6) is 1.18. The molecule has 0 aliphatic carbocycles. The SMILES string of the molecule is Cc1nc(CCNCc2ccc([N+](=O)[O-])cc2Cl)no1. The fourth-order valence-electron chi connectivity index (χ4n) is 1.66. The van der Waals surface area contributed by atoms with Gasteiger partial charge >= 0.3 is 0 Å². The first-order valence-corrected chi connectivity index (χ1v) is 6.37. The van der Waals surface area contributed by atoms with Gasteiger partial charge in [0, 0.05) is 38.6 Å². The van der Waals surface area contributed by atoms with Gasteiger partial charge in [0.05, 0.1) is 9.95 Å². The van der Waals surface area contributed by atoms with Crippen LogP contribution in [0.15, 0.2) is 22.7 Å². The van der Waals surface area contributed by atoms with E-state index in [1.807, 2.05) is 0 Å². The van der Waals surface area contributed by atoms with Crippen molar-refractivity contribution in [1.82, 2.24) is 15.5 Å². The van der Waals surface area contributed by atoms with Crippen molar-refractivity contribution in [3.63, 3.8) is 0 Å². The van der Waals surface area contributed by atoms with Gasteiger partial charge in [0.1, 0.15) is 0 Å². The van der Waals surface area contributed by atoms with Crippen LogP contribution in [0.25, 0.3) is 0 Å². The van der Waals surface area contributed by atoms with Crippen molar-refractivity contribution < 1.29 is 9.45 Å². The number of halogens is 1. The smallest absolute Gasteiger partial charge is 0.270 e. The van der Waals surface area contributed by atoms with Gasteiger partial charge in [-0.2, -0.15) is 4.98 Å². The third kappa shape index (κ3) is 3.75. The number of nitro benzene ring substituents is 1. The number of hydrogen-bond donors (Lipinski definition) is 1. The molecule has 2 rings (SSSR count). The summed E-state index contributed by atoms with van der Waals surface area (Å²) >= 11 is 5.99. The topological polar surface area (TPSA) is 94.1 Å². The summed E-state index contributed by atoms with van der Waals surface area (Å²) in [5, 5.41) is 17.9. The largest absolute Gasteiger partial charge is 0.340 e. The van der Waals surface area contributed by atoms with Crippen LogP contribution in [-0.2, 0) is 13.0 Å². The van der Waals surface area contributed by atoms with Crippen LogP contribution in [0.2, 0.25) is 5.02 Å². The molecular weight excluding hydrogens is 284 g/mol. The van der Waals surface area contributed by atoms with E-state index in [1.165, 1.54) is 12.1 Å². The summed E-state index contributed by atoms with van der Waals surface area (Å²) in [4.78, 5) is 14.2. The molecule has 0 fully saturated rings. The van der Waals surface area contributed by atoms with Gasteiger partial charge in [-0.15, -0.1) is 0 Å². The van der Waals surface area contributed by atoms with Crippen molar-refractivity contribution in [1.29, 1.82) is 0 Å². The average molecular weight is 297 g/mol. The molecule has 0 saturated carbocycles. The zero-order valence-electron chi connectivity index (χ0n) is 10.8. The lowest BCUT2D eigenvalue weighted by atomic mass is 10.2. The highest BCUT2D eigenvalue weighted by molar-refractivity contribution is 6.31. The maximum absolute atomic E-state index is 10.6. The predicted molar refractivity (Wildman–Crippen MR) is 72.6 cm³/mol. The molecule has 0 saturated heterocycles. The van der Waals surface area contributed by atoms with Crippen LogP contribution in [0, 0.1) is 17.0 Å². The van der Waals surface area contributed by atoms with Crippen LogP contribution < -0.4 is 5.32 Å². The van der Waals surface area contributed by atoms with Crippen LogP contribution in [-0.4, -0.2) is 21.6 Å². The first-order valence-electron chi connectivity index (χ1n) is 5.99. The molecule has 1 aromatic carbocycles. The number of rotatable bonds is 6. The minimum atomic E-state index is -0.471. The monoisotopic (exact) mass is 296 g/mol. The maximum Gasteiger partial charge on any atom is 0.270 e. The predicted octanol–water partition coefficient (Wildman–Crippen LogP) is 2.27. The van der Waals surface area contributed by atoms with E-state index in [0.717, 1.165) is 5.56 Å². The highest BCUT2D eigenvalue weighted by atomic mass is 35.5. The number of non-ortho nitro benzene ring substituents is 1. The van der Waals surface area contributed by atoms with Gasteiger partial charge in [-0.05, 0) is 11.6 Å². The maximum atomic E-state index is 10.6. The van der Waals surface area contributed by atoms with E-state index in [1.54, 1.807) is 13.0 Å². The molecule has 1 heterocycles. The Balaban J connectivity index is 1.83. The Hall–Kier alpha value is -1.99. The van der Waals surface area contributed by atoms with Crippen molar-refractivity contribution >= 4 is 17.3 Å². The van der Waals surface area contributed by atoms with E-state index in [2.05, 4.69) is 15.5 Å². The van der Waals surface area contributed by atoms with Gasteiger partial charge in [-0.3, -0.25) is 10.1 Å². The van der Waals surface area contributed by atoms with Crippen LogP contribution in [0.3, 0.4) is 0 Å². The second-order valence-corrected chi connectivity index (χ2v) is 4.60. The molecule has 0 spiro atoms. The fraction of sp³-hybridized carbons (Fsp3) is 0.333. The minimum Gasteiger partial charge on any atom is -0.340 e. The van der Waals surface area contributed by atoms with Crippen molar-refractivity contribution in [2.75, 3.05) is 6.54 Å². The quantitative estimate of drug-likeness (QED) is 0.499. The van der Waals surface area contributed by atoms with Crippen LogP contribution >= 0.6 is 11.6 Å². The number of aryl methyl sites for hydroxylation is 1. The Morgan fingerprint density at radius 1 is 1.50 bits per heavy atom. The normalized spacial score (nSPS) is 10.7. The molecule has 0 radical (unpaired) electrons. The van der Waals surface area contributed by atoms with Crippen molar-refractivity contribution in [2.45, 2.75) is 19.9 Å². The van der Waals surface area contributed by atoms with Crippen LogP contribution in [0.4, 0.5) is 5.69 Å². The van der Waals surface area contributed by atoms with Gasteiger partial charge in [-0.25, -0.2) is 0 Å². The van der Waals surface area contributed by atoms with Crippen molar-refractivity contribution in [3.8, 4) is 0 Å². The Morgan fingerprint density at radius 3 is 2.90 bits per heavy atom. The lowest BCUT2D eigenvalue weighted by Crippen LogP contribution is -2.17. The molecule has 0 unspecified atom stereocenters. The molecule has 106 valence electrons. The summed E-state index contributed by atoms with van der Waals surface area (Å²) < 4.78 is 4.86. The Kier molecular flexibility index (Phi) is 4.65. The number of benzene rings is 1. The number of aromatic nitrogens is 2. The third-order valence-electron chi connectivity index (χ3n) is 2.66. The fourth-order valence-corrected chi connectivity index (χ4v) is 1.90. The molecule has 2 aromatic rings. The standard InChI is InChI=1S/C12H13ClN4O3/c1-8-15-12(16-20-8)4-5-14-7-9-2-3-10(17(18)19)6-11(9)13/h2-3,6,14H,4-5,7H2,1H3. The van der Waals surface area contributed by atoms with E-state index in [0.29, 0.717) is 36.2 Å². The summed E-state index contributed by atoms with van der Waals surface area (Å²) in [6.45, 7) is 2.92. The van der Waals surface area contributed by atoms with Crippen molar-refractivity contribution in [2.24, 2.45) is 0 Å². The number of nitro groups is 1. The molecule has 0 atom stereocenters. The van der Waals surface area contributed by atoms with Gasteiger partial charge < -0.3 is 9.84 Å². The van der Waals surface area contributed by atoms with Crippen molar-refractivity contribution in [3.05, 3.63) is 50.6 Å². The molecule has 1 N–H and O–H groups in total. The molecule has 0 amide bonds. The summed E-state index contributed by atoms with van der Waals surface area (Å²) in [5.41, 5.74) is 0.794. The molecule has 8 heteroatoms. The van der Waals surface area contributed by atoms with Gasteiger partial charge in [0.2, 0.25) is 5.89 Å². The van der Waals surface area contributed by atoms with Gasteiger partial charge in [0.25, 0.3) is 5.69 Å². The number of nitrogens with zero attached hydrogens (tertiary/aromatic N) is 3. The lowest BCUT2D eigenvalue weighted by molar-refractivity contribution is -0.384. The second-order valence-electron chi connectivity index (χ2n) is 4.19. The summed E-state index contributed by atoms with van der Waals surface area (Å²) in [7, 11) is 0. The Morgan fingerprint density at radius 2 is 2.30 bits per heavy atom. The first-order chi connectivity index (χ1) is 9.56. The van der Waals surface area contributed by atoms with E-state index in [-0.39, 0.29) is 5.69 Å². The zero-order valence-corrected chi connectivity index (χ0v) is 11.6. The molecule has 0 aliphatic rings. The van der Waals surface area contributed by atoms with E-state index in [9.17, 15) is 10.1 Å². The Labute approximate surface area is 120 Å². The van der Waals surface area contributed by atoms with E-state index < -0.39 is 4.92 Å². The highest BCUT2D eigenvalue weighted by Gasteiger charge is 2.09. The van der Waals surface area contributed by atoms with E-state index >= 15 is 0 Å². The Bertz CT molecular complexity index is 614. The molecule has 1 aromatic heterocycles. The highest BCUT2D eigenvalue weighted by Crippen LogP contribution is 2.22. The number of nitrogens with one attached hydrogen (secondary N) is 1. The number of hydrogen-bond acceptors (Lipinski definition) is 6. The lowest BCUT2D eigenvalue weighted by Gasteiger charge is -2.05.